The van der Waals surface area contributed by atoms with Gasteiger partial charge in [-0.25, -0.2) is 0 Å². The van der Waals surface area contributed by atoms with Gasteiger partial charge in [0.15, 0.2) is 5.78 Å². The van der Waals surface area contributed by atoms with Crippen LogP contribution in [0.3, 0.4) is 0 Å². The molecule has 0 aromatic carbocycles. The van der Waals surface area contributed by atoms with E-state index in [0.29, 0.717) is 23.5 Å². The minimum atomic E-state index is -0.167. The van der Waals surface area contributed by atoms with Gasteiger partial charge in [-0.05, 0) is 91.2 Å². The molecule has 3 fully saturated rings. The molecule has 3 heteroatoms. The highest BCUT2D eigenvalue weighted by Crippen LogP contribution is 2.64. The number of carbonyl (C=O) groups excluding carboxylic acids is 1. The number of thiophene rings is 1. The minimum absolute atomic E-state index is 0.150. The third-order valence-corrected chi connectivity index (χ3v) is 9.40. The Morgan fingerprint density at radius 1 is 1.15 bits per heavy atom. The second-order valence-electron chi connectivity index (χ2n) is 9.83. The van der Waals surface area contributed by atoms with Gasteiger partial charge in [-0.15, -0.1) is 11.3 Å². The fourth-order valence-corrected chi connectivity index (χ4v) is 7.67. The van der Waals surface area contributed by atoms with E-state index in [1.807, 2.05) is 0 Å². The van der Waals surface area contributed by atoms with Crippen molar-refractivity contribution in [3.8, 4) is 0 Å². The van der Waals surface area contributed by atoms with Crippen LogP contribution in [-0.2, 0) is 4.79 Å². The van der Waals surface area contributed by atoms with Crippen molar-refractivity contribution in [2.24, 2.45) is 28.6 Å². The van der Waals surface area contributed by atoms with Crippen molar-refractivity contribution in [1.29, 1.82) is 0 Å². The van der Waals surface area contributed by atoms with Crippen molar-refractivity contribution in [1.82, 2.24) is 0 Å². The summed E-state index contributed by atoms with van der Waals surface area (Å²) in [5.41, 5.74) is 2.64. The number of fused-ring (bicyclic) bond motifs is 5. The van der Waals surface area contributed by atoms with Crippen molar-refractivity contribution in [3.05, 3.63) is 39.6 Å². The van der Waals surface area contributed by atoms with Crippen LogP contribution in [0.4, 0.5) is 0 Å². The van der Waals surface area contributed by atoms with Crippen LogP contribution in [0, 0.1) is 28.6 Å². The Hall–Kier alpha value is -1.19. The first-order chi connectivity index (χ1) is 12.9. The summed E-state index contributed by atoms with van der Waals surface area (Å²) >= 11 is 1.72. The number of rotatable bonds is 1. The van der Waals surface area contributed by atoms with Crippen LogP contribution in [-0.4, -0.2) is 17.0 Å². The molecule has 1 N–H and O–H groups in total. The van der Waals surface area contributed by atoms with E-state index in [1.165, 1.54) is 16.9 Å². The fourth-order valence-electron chi connectivity index (χ4n) is 6.99. The third kappa shape index (κ3) is 2.57. The molecule has 6 atom stereocenters. The standard InChI is InChI=1S/C24H30O2S/c1-23-9-7-17(25)14-16(23)5-6-19-20(23)8-10-24(2)21(19)13-15(22(24)26)12-18-4-3-11-27-18/h3-5,11-12,17,19-21,25H,6-10,13-14H2,1-2H3/b15-12+/t17-,19-,20+,21+,23+,24+/m1/s1. The van der Waals surface area contributed by atoms with Gasteiger partial charge >= 0.3 is 0 Å². The first-order valence-corrected chi connectivity index (χ1v) is 11.5. The lowest BCUT2D eigenvalue weighted by molar-refractivity contribution is -0.130. The molecule has 0 spiro atoms. The Morgan fingerprint density at radius 2 is 1.96 bits per heavy atom. The lowest BCUT2D eigenvalue weighted by Gasteiger charge is -2.56. The molecule has 0 amide bonds. The van der Waals surface area contributed by atoms with Crippen LogP contribution in [0.25, 0.3) is 6.08 Å². The highest BCUT2D eigenvalue weighted by atomic mass is 32.1. The second kappa shape index (κ2) is 6.15. The number of ketones is 1. The smallest absolute Gasteiger partial charge is 0.165 e. The lowest BCUT2D eigenvalue weighted by Crippen LogP contribution is -2.50. The predicted octanol–water partition coefficient (Wildman–Crippen LogP) is 5.63. The topological polar surface area (TPSA) is 37.3 Å². The van der Waals surface area contributed by atoms with Crippen LogP contribution in [0.5, 0.6) is 0 Å². The maximum Gasteiger partial charge on any atom is 0.165 e. The zero-order valence-electron chi connectivity index (χ0n) is 16.4. The molecule has 1 heterocycles. The van der Waals surface area contributed by atoms with Gasteiger partial charge in [0.2, 0.25) is 0 Å². The van der Waals surface area contributed by atoms with Crippen LogP contribution in [0.2, 0.25) is 0 Å². The quantitative estimate of drug-likeness (QED) is 0.504. The van der Waals surface area contributed by atoms with E-state index < -0.39 is 0 Å². The second-order valence-corrected chi connectivity index (χ2v) is 10.8. The predicted molar refractivity (Wildman–Crippen MR) is 110 cm³/mol. The first kappa shape index (κ1) is 17.9. The van der Waals surface area contributed by atoms with Crippen LogP contribution in [0.15, 0.2) is 34.7 Å². The van der Waals surface area contributed by atoms with Gasteiger partial charge in [-0.3, -0.25) is 4.79 Å². The first-order valence-electron chi connectivity index (χ1n) is 10.6. The molecule has 0 aliphatic heterocycles. The molecule has 1 aromatic rings. The van der Waals surface area contributed by atoms with E-state index in [-0.39, 0.29) is 16.9 Å². The van der Waals surface area contributed by atoms with Crippen molar-refractivity contribution < 1.29 is 9.90 Å². The van der Waals surface area contributed by atoms with Gasteiger partial charge in [0, 0.05) is 10.3 Å². The van der Waals surface area contributed by atoms with Crippen molar-refractivity contribution >= 4 is 23.2 Å². The molecule has 0 radical (unpaired) electrons. The molecule has 0 unspecified atom stereocenters. The number of aliphatic hydroxyl groups excluding tert-OH is 1. The Morgan fingerprint density at radius 3 is 2.74 bits per heavy atom. The molecular formula is C24H30O2S. The highest BCUT2D eigenvalue weighted by Gasteiger charge is 2.59. The summed E-state index contributed by atoms with van der Waals surface area (Å²) in [6.45, 7) is 4.70. The van der Waals surface area contributed by atoms with Crippen LogP contribution in [0.1, 0.15) is 63.7 Å². The zero-order chi connectivity index (χ0) is 18.8. The van der Waals surface area contributed by atoms with Gasteiger partial charge in [0.1, 0.15) is 0 Å². The van der Waals surface area contributed by atoms with Gasteiger partial charge in [-0.1, -0.05) is 31.6 Å². The lowest BCUT2D eigenvalue weighted by atomic mass is 9.48. The van der Waals surface area contributed by atoms with E-state index in [2.05, 4.69) is 43.5 Å². The Bertz CT molecular complexity index is 819. The van der Waals surface area contributed by atoms with Gasteiger partial charge in [0.05, 0.1) is 6.10 Å². The number of allylic oxidation sites excluding steroid dienone is 2. The largest absolute Gasteiger partial charge is 0.393 e. The Labute approximate surface area is 166 Å². The van der Waals surface area contributed by atoms with Gasteiger partial charge in [0.25, 0.3) is 0 Å². The van der Waals surface area contributed by atoms with E-state index in [4.69, 9.17) is 0 Å². The number of hydrogen-bond acceptors (Lipinski definition) is 3. The number of aliphatic hydroxyl groups is 1. The maximum atomic E-state index is 13.4. The van der Waals surface area contributed by atoms with Crippen molar-refractivity contribution in [3.63, 3.8) is 0 Å². The summed E-state index contributed by atoms with van der Waals surface area (Å²) < 4.78 is 0. The minimum Gasteiger partial charge on any atom is -0.393 e. The normalized spacial score (nSPS) is 45.2. The number of hydrogen-bond donors (Lipinski definition) is 1. The maximum absolute atomic E-state index is 13.4. The number of carbonyl (C=O) groups is 1. The van der Waals surface area contributed by atoms with Crippen molar-refractivity contribution in [2.75, 3.05) is 0 Å². The van der Waals surface area contributed by atoms with E-state index in [0.717, 1.165) is 44.1 Å². The van der Waals surface area contributed by atoms with Gasteiger partial charge in [-0.2, -0.15) is 0 Å². The summed E-state index contributed by atoms with van der Waals surface area (Å²) in [5, 5.41) is 12.2. The molecule has 5 rings (SSSR count). The molecule has 144 valence electrons. The average Bonchev–Trinajstić information content (AvgIpc) is 3.24. The van der Waals surface area contributed by atoms with E-state index >= 15 is 0 Å². The SMILES string of the molecule is C[C@]12CC[C@@H](O)CC1=CC[C@@H]1[C@@H]2CC[C@]2(C)C(=O)/C(=C/c3cccs3)C[C@@H]12. The van der Waals surface area contributed by atoms with Crippen LogP contribution >= 0.6 is 11.3 Å². The van der Waals surface area contributed by atoms with Crippen LogP contribution < -0.4 is 0 Å². The fraction of sp³-hybridized carbons (Fsp3) is 0.625. The highest BCUT2D eigenvalue weighted by molar-refractivity contribution is 7.10. The molecule has 4 aliphatic carbocycles. The summed E-state index contributed by atoms with van der Waals surface area (Å²) in [4.78, 5) is 14.6. The monoisotopic (exact) mass is 382 g/mol. The molecule has 1 aromatic heterocycles. The molecular weight excluding hydrogens is 352 g/mol. The average molecular weight is 383 g/mol. The Balaban J connectivity index is 1.49. The zero-order valence-corrected chi connectivity index (χ0v) is 17.2. The molecule has 2 nitrogen and oxygen atoms in total. The Kier molecular flexibility index (Phi) is 4.07. The summed E-state index contributed by atoms with van der Waals surface area (Å²) in [6.07, 6.45) is 11.6. The molecule has 27 heavy (non-hydrogen) atoms. The van der Waals surface area contributed by atoms with E-state index in [9.17, 15) is 9.90 Å². The molecule has 0 saturated heterocycles. The molecule has 0 bridgehead atoms. The number of Topliss-reactive ketones (excluding diaryl/α,β-unsaturated/α-hetero) is 1. The molecule has 3 saturated carbocycles. The third-order valence-electron chi connectivity index (χ3n) is 8.58. The van der Waals surface area contributed by atoms with E-state index in [1.54, 1.807) is 11.3 Å². The van der Waals surface area contributed by atoms with Gasteiger partial charge < -0.3 is 5.11 Å². The summed E-state index contributed by atoms with van der Waals surface area (Å²) in [6, 6.07) is 4.18. The summed E-state index contributed by atoms with van der Waals surface area (Å²) in [5.74, 6) is 2.19. The molecule has 4 aliphatic rings. The van der Waals surface area contributed by atoms with Crippen molar-refractivity contribution in [2.45, 2.75) is 64.9 Å². The summed E-state index contributed by atoms with van der Waals surface area (Å²) in [7, 11) is 0.